The Labute approximate surface area is 154 Å². The van der Waals surface area contributed by atoms with Crippen LogP contribution in [0.25, 0.3) is 0 Å². The van der Waals surface area contributed by atoms with E-state index in [9.17, 15) is 0 Å². The van der Waals surface area contributed by atoms with Crippen molar-refractivity contribution in [3.63, 3.8) is 0 Å². The molecule has 1 nitrogen and oxygen atoms in total. The molecule has 3 rings (SSSR count). The molecule has 2 heteroatoms. The highest BCUT2D eigenvalue weighted by molar-refractivity contribution is 6.92. The molecule has 2 aliphatic rings. The van der Waals surface area contributed by atoms with Crippen molar-refractivity contribution in [2.75, 3.05) is 6.61 Å². The van der Waals surface area contributed by atoms with Crippen molar-refractivity contribution in [1.29, 1.82) is 0 Å². The van der Waals surface area contributed by atoms with E-state index in [-0.39, 0.29) is 0 Å². The molecule has 0 aromatic heterocycles. The number of hydrogen-bond donors (Lipinski definition) is 0. The molecule has 2 aliphatic carbocycles. The van der Waals surface area contributed by atoms with Gasteiger partial charge in [0.2, 0.25) is 0 Å². The molecule has 1 saturated carbocycles. The minimum absolute atomic E-state index is 0.579. The molecule has 0 N–H and O–H groups in total. The van der Waals surface area contributed by atoms with Crippen molar-refractivity contribution in [3.05, 3.63) is 59.7 Å². The molecule has 1 aromatic rings. The molecule has 0 heterocycles. The smallest absolute Gasteiger partial charge is 0.121 e. The molecule has 0 amide bonds. The van der Waals surface area contributed by atoms with Gasteiger partial charge in [0.25, 0.3) is 0 Å². The molecule has 0 radical (unpaired) electrons. The lowest BCUT2D eigenvalue weighted by Crippen LogP contribution is -2.48. The zero-order valence-electron chi connectivity index (χ0n) is 16.4. The second-order valence-corrected chi connectivity index (χ2v) is 13.1. The van der Waals surface area contributed by atoms with E-state index in [0.29, 0.717) is 12.1 Å². The van der Waals surface area contributed by atoms with Crippen molar-refractivity contribution in [1.82, 2.24) is 0 Å². The highest BCUT2D eigenvalue weighted by Gasteiger charge is 2.47. The second-order valence-electron chi connectivity index (χ2n) is 8.50. The molecule has 1 fully saturated rings. The van der Waals surface area contributed by atoms with E-state index in [1.54, 1.807) is 5.57 Å². The largest absolute Gasteiger partial charge is 0.489 e. The maximum atomic E-state index is 6.17. The Morgan fingerprint density at radius 3 is 2.76 bits per heavy atom. The normalized spacial score (nSPS) is 25.5. The fourth-order valence-electron chi connectivity index (χ4n) is 5.26. The molecule has 3 unspecified atom stereocenters. The van der Waals surface area contributed by atoms with Gasteiger partial charge in [-0.05, 0) is 54.8 Å². The van der Waals surface area contributed by atoms with Crippen LogP contribution in [0.4, 0.5) is 0 Å². The Kier molecular flexibility index (Phi) is 5.10. The van der Waals surface area contributed by atoms with Gasteiger partial charge >= 0.3 is 0 Å². The molecule has 0 spiro atoms. The summed E-state index contributed by atoms with van der Waals surface area (Å²) in [5.74, 6) is 2.64. The predicted molar refractivity (Wildman–Crippen MR) is 112 cm³/mol. The van der Waals surface area contributed by atoms with Crippen molar-refractivity contribution >= 4 is 13.3 Å². The van der Waals surface area contributed by atoms with Crippen LogP contribution in [-0.2, 0) is 0 Å². The molecule has 0 aliphatic heterocycles. The number of rotatable bonds is 5. The summed E-state index contributed by atoms with van der Waals surface area (Å²) in [4.78, 5) is 0. The quantitative estimate of drug-likeness (QED) is 0.488. The van der Waals surface area contributed by atoms with Gasteiger partial charge in [0.05, 0.1) is 8.07 Å². The SMILES string of the molecule is C=CCOc1c(C)cc(C)cc1[Si](C)(C)C1C2=CC=CCC2CC1C. The summed E-state index contributed by atoms with van der Waals surface area (Å²) in [7, 11) is -1.74. The summed E-state index contributed by atoms with van der Waals surface area (Å²) < 4.78 is 6.17. The standard InChI is InChI=1S/C23H32OSi/c1-7-12-24-22-17(3)13-16(2)14-21(22)25(5,6)23-18(4)15-19-10-8-9-11-20(19)23/h7-9,11,13-14,18-19,23H,1,10,12,15H2,2-6H3. The number of hydrogen-bond acceptors (Lipinski definition) is 1. The van der Waals surface area contributed by atoms with Gasteiger partial charge < -0.3 is 4.74 Å². The fraction of sp³-hybridized carbons (Fsp3) is 0.478. The first-order valence-corrected chi connectivity index (χ1v) is 12.7. The van der Waals surface area contributed by atoms with Crippen LogP contribution < -0.4 is 9.92 Å². The lowest BCUT2D eigenvalue weighted by Gasteiger charge is -2.36. The monoisotopic (exact) mass is 352 g/mol. The van der Waals surface area contributed by atoms with Crippen molar-refractivity contribution in [3.8, 4) is 5.75 Å². The maximum Gasteiger partial charge on any atom is 0.121 e. The molecule has 134 valence electrons. The highest BCUT2D eigenvalue weighted by atomic mass is 28.3. The van der Waals surface area contributed by atoms with E-state index < -0.39 is 8.07 Å². The topological polar surface area (TPSA) is 9.23 Å². The van der Waals surface area contributed by atoms with Crippen molar-refractivity contribution in [2.45, 2.75) is 52.2 Å². The lowest BCUT2D eigenvalue weighted by atomic mass is 9.94. The van der Waals surface area contributed by atoms with Crippen LogP contribution >= 0.6 is 0 Å². The molecule has 0 saturated heterocycles. The zero-order valence-corrected chi connectivity index (χ0v) is 17.4. The van der Waals surface area contributed by atoms with Gasteiger partial charge in [-0.25, -0.2) is 0 Å². The Morgan fingerprint density at radius 2 is 2.04 bits per heavy atom. The molecule has 1 aromatic carbocycles. The first-order chi connectivity index (χ1) is 11.9. The number of allylic oxidation sites excluding steroid dienone is 4. The second kappa shape index (κ2) is 6.99. The average Bonchev–Trinajstić information content (AvgIpc) is 2.89. The van der Waals surface area contributed by atoms with Crippen LogP contribution in [0.3, 0.4) is 0 Å². The Hall–Kier alpha value is -1.54. The summed E-state index contributed by atoms with van der Waals surface area (Å²) in [6.07, 6.45) is 11.4. The molecule has 0 bridgehead atoms. The van der Waals surface area contributed by atoms with Crippen LogP contribution in [0, 0.1) is 25.7 Å². The van der Waals surface area contributed by atoms with Gasteiger partial charge in [-0.1, -0.05) is 74.2 Å². The van der Waals surface area contributed by atoms with Crippen LogP contribution in [0.5, 0.6) is 5.75 Å². The van der Waals surface area contributed by atoms with Crippen molar-refractivity contribution in [2.24, 2.45) is 11.8 Å². The van der Waals surface area contributed by atoms with Crippen LogP contribution in [0.1, 0.15) is 30.9 Å². The van der Waals surface area contributed by atoms with Gasteiger partial charge in [-0.15, -0.1) is 0 Å². The summed E-state index contributed by atoms with van der Waals surface area (Å²) in [6, 6.07) is 4.65. The van der Waals surface area contributed by atoms with E-state index in [1.807, 2.05) is 6.08 Å². The third-order valence-corrected chi connectivity index (χ3v) is 10.4. The zero-order chi connectivity index (χ0) is 18.2. The van der Waals surface area contributed by atoms with Gasteiger partial charge in [0.15, 0.2) is 0 Å². The van der Waals surface area contributed by atoms with E-state index in [2.05, 4.69) is 70.8 Å². The minimum atomic E-state index is -1.74. The Balaban J connectivity index is 2.09. The third-order valence-electron chi connectivity index (χ3n) is 6.14. The maximum absolute atomic E-state index is 6.17. The van der Waals surface area contributed by atoms with Gasteiger partial charge in [-0.2, -0.15) is 0 Å². The average molecular weight is 353 g/mol. The van der Waals surface area contributed by atoms with Gasteiger partial charge in [0.1, 0.15) is 12.4 Å². The van der Waals surface area contributed by atoms with Crippen LogP contribution in [0.2, 0.25) is 18.6 Å². The Bertz CT molecular complexity index is 726. The fourth-order valence-corrected chi connectivity index (χ4v) is 9.77. The third kappa shape index (κ3) is 3.29. The van der Waals surface area contributed by atoms with Gasteiger partial charge in [-0.3, -0.25) is 0 Å². The first-order valence-electron chi connectivity index (χ1n) is 9.58. The number of ether oxygens (including phenoxy) is 1. The van der Waals surface area contributed by atoms with E-state index in [4.69, 9.17) is 4.74 Å². The first kappa shape index (κ1) is 18.3. The summed E-state index contributed by atoms with van der Waals surface area (Å²) in [5.41, 5.74) is 5.02. The van der Waals surface area contributed by atoms with E-state index >= 15 is 0 Å². The Morgan fingerprint density at radius 1 is 1.28 bits per heavy atom. The summed E-state index contributed by atoms with van der Waals surface area (Å²) in [6.45, 7) is 16.4. The molecular formula is C23H32OSi. The predicted octanol–water partition coefficient (Wildman–Crippen LogP) is 5.70. The lowest BCUT2D eigenvalue weighted by molar-refractivity contribution is 0.363. The molecule has 3 atom stereocenters. The van der Waals surface area contributed by atoms with Crippen LogP contribution in [0.15, 0.2) is 48.6 Å². The number of fused-ring (bicyclic) bond motifs is 1. The molecule has 25 heavy (non-hydrogen) atoms. The number of benzene rings is 1. The van der Waals surface area contributed by atoms with E-state index in [0.717, 1.165) is 17.6 Å². The van der Waals surface area contributed by atoms with Crippen LogP contribution in [-0.4, -0.2) is 14.7 Å². The van der Waals surface area contributed by atoms with E-state index in [1.165, 1.54) is 29.2 Å². The van der Waals surface area contributed by atoms with Crippen molar-refractivity contribution < 1.29 is 4.74 Å². The summed E-state index contributed by atoms with van der Waals surface area (Å²) >= 11 is 0. The molecular weight excluding hydrogens is 320 g/mol. The number of aryl methyl sites for hydroxylation is 2. The minimum Gasteiger partial charge on any atom is -0.489 e. The summed E-state index contributed by atoms with van der Waals surface area (Å²) in [5, 5.41) is 1.49. The van der Waals surface area contributed by atoms with Gasteiger partial charge in [0, 0.05) is 0 Å². The highest BCUT2D eigenvalue weighted by Crippen LogP contribution is 2.53.